The van der Waals surface area contributed by atoms with Crippen molar-refractivity contribution in [2.75, 3.05) is 53.6 Å². The van der Waals surface area contributed by atoms with Crippen molar-refractivity contribution < 1.29 is 14.2 Å². The zero-order valence-corrected chi connectivity index (χ0v) is 18.6. The number of nitrogens with one attached hydrogen (secondary N) is 2. The van der Waals surface area contributed by atoms with Crippen molar-refractivity contribution in [1.29, 1.82) is 0 Å². The van der Waals surface area contributed by atoms with E-state index in [0.29, 0.717) is 12.4 Å². The van der Waals surface area contributed by atoms with Crippen LogP contribution >= 0.6 is 0 Å². The molecule has 2 aromatic rings. The number of aliphatic imine (C=N–C) groups is 1. The van der Waals surface area contributed by atoms with Gasteiger partial charge in [-0.1, -0.05) is 18.2 Å². The number of morpholine rings is 1. The summed E-state index contributed by atoms with van der Waals surface area (Å²) in [7, 11) is 3.30. The Balaban J connectivity index is 1.69. The molecular formula is C23H33N5O3. The minimum absolute atomic E-state index is 0.210. The van der Waals surface area contributed by atoms with E-state index in [9.17, 15) is 0 Å². The fourth-order valence-corrected chi connectivity index (χ4v) is 3.50. The van der Waals surface area contributed by atoms with E-state index < -0.39 is 0 Å². The molecule has 1 fully saturated rings. The number of hydrogen-bond acceptors (Lipinski definition) is 6. The van der Waals surface area contributed by atoms with Gasteiger partial charge in [-0.15, -0.1) is 0 Å². The van der Waals surface area contributed by atoms with Gasteiger partial charge in [0.1, 0.15) is 5.75 Å². The minimum Gasteiger partial charge on any atom is -0.497 e. The molecule has 0 aliphatic carbocycles. The van der Waals surface area contributed by atoms with Gasteiger partial charge in [-0.25, -0.2) is 9.98 Å². The Hall–Kier alpha value is -2.84. The van der Waals surface area contributed by atoms with Crippen LogP contribution < -0.4 is 20.1 Å². The van der Waals surface area contributed by atoms with E-state index in [0.717, 1.165) is 56.7 Å². The van der Waals surface area contributed by atoms with E-state index in [1.165, 1.54) is 5.56 Å². The van der Waals surface area contributed by atoms with Crippen molar-refractivity contribution in [2.24, 2.45) is 4.99 Å². The quantitative estimate of drug-likeness (QED) is 0.469. The standard InChI is InChI=1S/C23H33N5O3/c1-4-24-23(26-16-18-5-10-22(30-3)25-15-18)27-17-21(28-11-13-31-14-12-28)19-6-8-20(29-2)9-7-19/h5-10,15,21H,4,11-14,16-17H2,1-3H3,(H2,24,26,27). The van der Waals surface area contributed by atoms with Crippen LogP contribution in [-0.4, -0.2) is 69.5 Å². The topological polar surface area (TPSA) is 80.2 Å². The van der Waals surface area contributed by atoms with Gasteiger partial charge < -0.3 is 24.8 Å². The molecule has 2 N–H and O–H groups in total. The highest BCUT2D eigenvalue weighted by atomic mass is 16.5. The van der Waals surface area contributed by atoms with Gasteiger partial charge in [-0.05, 0) is 30.2 Å². The number of rotatable bonds is 9. The number of aromatic nitrogens is 1. The van der Waals surface area contributed by atoms with Crippen molar-refractivity contribution >= 4 is 5.96 Å². The summed E-state index contributed by atoms with van der Waals surface area (Å²) < 4.78 is 16.0. The lowest BCUT2D eigenvalue weighted by atomic mass is 10.0. The Morgan fingerprint density at radius 2 is 1.87 bits per heavy atom. The third kappa shape index (κ3) is 6.83. The number of methoxy groups -OCH3 is 2. The zero-order valence-electron chi connectivity index (χ0n) is 18.6. The van der Waals surface area contributed by atoms with Crippen molar-refractivity contribution in [3.8, 4) is 11.6 Å². The molecule has 1 unspecified atom stereocenters. The highest BCUT2D eigenvalue weighted by molar-refractivity contribution is 5.79. The first-order valence-electron chi connectivity index (χ1n) is 10.7. The van der Waals surface area contributed by atoms with Crippen LogP contribution in [0, 0.1) is 0 Å². The number of nitrogens with zero attached hydrogens (tertiary/aromatic N) is 3. The van der Waals surface area contributed by atoms with E-state index in [4.69, 9.17) is 19.2 Å². The summed E-state index contributed by atoms with van der Waals surface area (Å²) in [6.07, 6.45) is 1.79. The molecule has 0 saturated carbocycles. The molecule has 1 aromatic heterocycles. The second kappa shape index (κ2) is 12.1. The molecule has 0 bridgehead atoms. The van der Waals surface area contributed by atoms with Crippen LogP contribution in [0.2, 0.25) is 0 Å². The van der Waals surface area contributed by atoms with Gasteiger partial charge in [0.25, 0.3) is 0 Å². The highest BCUT2D eigenvalue weighted by Gasteiger charge is 2.23. The fraction of sp³-hybridized carbons (Fsp3) is 0.478. The molecule has 168 valence electrons. The molecule has 8 nitrogen and oxygen atoms in total. The monoisotopic (exact) mass is 427 g/mol. The maximum absolute atomic E-state index is 5.56. The van der Waals surface area contributed by atoms with Gasteiger partial charge in [-0.3, -0.25) is 4.90 Å². The van der Waals surface area contributed by atoms with Crippen molar-refractivity contribution in [2.45, 2.75) is 19.5 Å². The molecule has 3 rings (SSSR count). The summed E-state index contributed by atoms with van der Waals surface area (Å²) in [5.74, 6) is 2.25. The smallest absolute Gasteiger partial charge is 0.212 e. The van der Waals surface area contributed by atoms with Gasteiger partial charge >= 0.3 is 0 Å². The van der Waals surface area contributed by atoms with Gasteiger partial charge in [0.15, 0.2) is 5.96 Å². The Kier molecular flexibility index (Phi) is 8.93. The molecular weight excluding hydrogens is 394 g/mol. The van der Waals surface area contributed by atoms with Crippen molar-refractivity contribution in [3.05, 3.63) is 53.7 Å². The number of guanidine groups is 1. The molecule has 1 saturated heterocycles. The summed E-state index contributed by atoms with van der Waals surface area (Å²) in [5.41, 5.74) is 2.27. The molecule has 31 heavy (non-hydrogen) atoms. The zero-order chi connectivity index (χ0) is 21.9. The Labute approximate surface area is 184 Å². The van der Waals surface area contributed by atoms with E-state index in [1.54, 1.807) is 20.4 Å². The maximum Gasteiger partial charge on any atom is 0.212 e. The van der Waals surface area contributed by atoms with E-state index >= 15 is 0 Å². The molecule has 8 heteroatoms. The van der Waals surface area contributed by atoms with Crippen LogP contribution in [0.5, 0.6) is 11.6 Å². The molecule has 1 atom stereocenters. The normalized spacial score (nSPS) is 15.9. The van der Waals surface area contributed by atoms with E-state index in [-0.39, 0.29) is 6.04 Å². The lowest BCUT2D eigenvalue weighted by Gasteiger charge is -2.35. The van der Waals surface area contributed by atoms with Crippen molar-refractivity contribution in [3.63, 3.8) is 0 Å². The second-order valence-corrected chi connectivity index (χ2v) is 7.22. The first-order valence-corrected chi connectivity index (χ1v) is 10.7. The lowest BCUT2D eigenvalue weighted by Crippen LogP contribution is -2.46. The van der Waals surface area contributed by atoms with Crippen LogP contribution in [0.15, 0.2) is 47.6 Å². The predicted octanol–water partition coefficient (Wildman–Crippen LogP) is 2.23. The van der Waals surface area contributed by atoms with Gasteiger partial charge in [0.2, 0.25) is 5.88 Å². The van der Waals surface area contributed by atoms with Crippen LogP contribution in [0.1, 0.15) is 24.1 Å². The number of hydrogen-bond donors (Lipinski definition) is 2. The summed E-state index contributed by atoms with van der Waals surface area (Å²) in [6, 6.07) is 12.3. The lowest BCUT2D eigenvalue weighted by molar-refractivity contribution is 0.0170. The first kappa shape index (κ1) is 22.8. The Bertz CT molecular complexity index is 805. The van der Waals surface area contributed by atoms with Crippen molar-refractivity contribution in [1.82, 2.24) is 20.5 Å². The molecule has 0 amide bonds. The maximum atomic E-state index is 5.56. The first-order chi connectivity index (χ1) is 15.2. The Morgan fingerprint density at radius 1 is 1.10 bits per heavy atom. The summed E-state index contributed by atoms with van der Waals surface area (Å²) >= 11 is 0. The summed E-state index contributed by atoms with van der Waals surface area (Å²) in [4.78, 5) is 11.4. The molecule has 1 aliphatic rings. The third-order valence-corrected chi connectivity index (χ3v) is 5.22. The third-order valence-electron chi connectivity index (χ3n) is 5.22. The van der Waals surface area contributed by atoms with Crippen LogP contribution in [0.3, 0.4) is 0 Å². The predicted molar refractivity (Wildman–Crippen MR) is 122 cm³/mol. The highest BCUT2D eigenvalue weighted by Crippen LogP contribution is 2.23. The van der Waals surface area contributed by atoms with E-state index in [2.05, 4.69) is 39.6 Å². The fourth-order valence-electron chi connectivity index (χ4n) is 3.50. The summed E-state index contributed by atoms with van der Waals surface area (Å²) in [5, 5.41) is 6.85. The largest absolute Gasteiger partial charge is 0.497 e. The molecule has 1 aromatic carbocycles. The van der Waals surface area contributed by atoms with Crippen LogP contribution in [0.25, 0.3) is 0 Å². The van der Waals surface area contributed by atoms with Gasteiger partial charge in [0, 0.05) is 38.4 Å². The SMILES string of the molecule is CCNC(=NCc1ccc(OC)nc1)NCC(c1ccc(OC)cc1)N1CCOCC1. The number of benzene rings is 1. The van der Waals surface area contributed by atoms with Gasteiger partial charge in [0.05, 0.1) is 40.0 Å². The average Bonchev–Trinajstić information content (AvgIpc) is 2.84. The second-order valence-electron chi connectivity index (χ2n) is 7.22. The average molecular weight is 428 g/mol. The Morgan fingerprint density at radius 3 is 2.48 bits per heavy atom. The molecule has 2 heterocycles. The number of pyridine rings is 1. The van der Waals surface area contributed by atoms with Gasteiger partial charge in [-0.2, -0.15) is 0 Å². The molecule has 1 aliphatic heterocycles. The van der Waals surface area contributed by atoms with Crippen LogP contribution in [-0.2, 0) is 11.3 Å². The molecule has 0 spiro atoms. The minimum atomic E-state index is 0.210. The van der Waals surface area contributed by atoms with Crippen LogP contribution in [0.4, 0.5) is 0 Å². The van der Waals surface area contributed by atoms with E-state index in [1.807, 2.05) is 24.3 Å². The number of ether oxygens (including phenoxy) is 3. The molecule has 0 radical (unpaired) electrons. The summed E-state index contributed by atoms with van der Waals surface area (Å²) in [6.45, 7) is 7.45.